The number of aliphatic hydroxyl groups excluding tert-OH is 1. The van der Waals surface area contributed by atoms with Gasteiger partial charge < -0.3 is 10.2 Å². The van der Waals surface area contributed by atoms with E-state index < -0.39 is 27.8 Å². The second-order valence-electron chi connectivity index (χ2n) is 3.30. The summed E-state index contributed by atoms with van der Waals surface area (Å²) >= 11 is 0. The van der Waals surface area contributed by atoms with Crippen molar-refractivity contribution in [2.24, 2.45) is 0 Å². The summed E-state index contributed by atoms with van der Waals surface area (Å²) in [7, 11) is -3.74. The maximum Gasteiger partial charge on any atom is 0.320 e. The van der Waals surface area contributed by atoms with Crippen molar-refractivity contribution in [1.29, 1.82) is 0 Å². The number of aliphatic carboxylic acids is 1. The minimum atomic E-state index is -3.74. The van der Waals surface area contributed by atoms with E-state index in [9.17, 15) is 18.3 Å². The van der Waals surface area contributed by atoms with E-state index in [2.05, 4.69) is 0 Å². The van der Waals surface area contributed by atoms with Crippen LogP contribution in [0.5, 0.6) is 0 Å². The molecule has 0 radical (unpaired) electrons. The predicted octanol–water partition coefficient (Wildman–Crippen LogP) is -1.14. The molecule has 1 rings (SSSR count). The fourth-order valence-corrected chi connectivity index (χ4v) is 2.72. The Kier molecular flexibility index (Phi) is 3.46. The van der Waals surface area contributed by atoms with Crippen molar-refractivity contribution in [3.05, 3.63) is 0 Å². The molecule has 1 aliphatic heterocycles. The smallest absolute Gasteiger partial charge is 0.320 e. The average molecular weight is 223 g/mol. The minimum absolute atomic E-state index is 0.00954. The largest absolute Gasteiger partial charge is 0.480 e. The summed E-state index contributed by atoms with van der Waals surface area (Å²) in [4.78, 5) is 10.3. The fourth-order valence-electron chi connectivity index (χ4n) is 1.42. The maximum atomic E-state index is 11.4. The molecule has 1 fully saturated rings. The van der Waals surface area contributed by atoms with Gasteiger partial charge in [-0.2, -0.15) is 4.31 Å². The molecule has 1 atom stereocenters. The van der Waals surface area contributed by atoms with E-state index in [0.29, 0.717) is 19.4 Å². The number of aliphatic hydroxyl groups is 1. The molecule has 14 heavy (non-hydrogen) atoms. The zero-order chi connectivity index (χ0) is 10.8. The Morgan fingerprint density at radius 2 is 2.14 bits per heavy atom. The highest BCUT2D eigenvalue weighted by molar-refractivity contribution is 7.89. The van der Waals surface area contributed by atoms with Crippen LogP contribution in [0.3, 0.4) is 0 Å². The summed E-state index contributed by atoms with van der Waals surface area (Å²) < 4.78 is 23.8. The summed E-state index contributed by atoms with van der Waals surface area (Å²) in [6.45, 7) is 0.308. The first kappa shape index (κ1) is 11.4. The number of hydrogen-bond donors (Lipinski definition) is 2. The molecule has 1 saturated heterocycles. The molecule has 1 heterocycles. The quantitative estimate of drug-likeness (QED) is 0.630. The van der Waals surface area contributed by atoms with Crippen LogP contribution in [0.2, 0.25) is 0 Å². The van der Waals surface area contributed by atoms with Crippen molar-refractivity contribution in [3.8, 4) is 0 Å². The second kappa shape index (κ2) is 4.24. The molecule has 2 N–H and O–H groups in total. The molecule has 0 bridgehead atoms. The van der Waals surface area contributed by atoms with Crippen LogP contribution >= 0.6 is 0 Å². The molecule has 0 unspecified atom stereocenters. The van der Waals surface area contributed by atoms with Gasteiger partial charge in [0.05, 0.1) is 6.10 Å². The molecule has 0 aromatic carbocycles. The summed E-state index contributed by atoms with van der Waals surface area (Å²) in [6, 6.07) is 0. The standard InChI is InChI=1S/C7H13NO5S/c9-6-2-1-3-8(4-6)14(12,13)5-7(10)11/h6,9H,1-5H2,(H,10,11)/t6-/m0/s1. The number of rotatable bonds is 3. The monoisotopic (exact) mass is 223 g/mol. The number of β-amino-alcohol motifs (C(OH)–C–C–N with tert-alkyl or cyclic N) is 1. The number of sulfonamides is 1. The van der Waals surface area contributed by atoms with E-state index in [1.165, 1.54) is 0 Å². The van der Waals surface area contributed by atoms with E-state index in [-0.39, 0.29) is 6.54 Å². The van der Waals surface area contributed by atoms with Crippen molar-refractivity contribution < 1.29 is 23.4 Å². The fraction of sp³-hybridized carbons (Fsp3) is 0.857. The topological polar surface area (TPSA) is 94.9 Å². The Hall–Kier alpha value is -0.660. The molecule has 0 saturated carbocycles. The third-order valence-electron chi connectivity index (χ3n) is 2.06. The van der Waals surface area contributed by atoms with Crippen LogP contribution in [0.15, 0.2) is 0 Å². The zero-order valence-electron chi connectivity index (χ0n) is 7.59. The van der Waals surface area contributed by atoms with Crippen LogP contribution in [0, 0.1) is 0 Å². The van der Waals surface area contributed by atoms with Gasteiger partial charge in [0.15, 0.2) is 5.75 Å². The van der Waals surface area contributed by atoms with E-state index in [4.69, 9.17) is 5.11 Å². The Morgan fingerprint density at radius 1 is 1.50 bits per heavy atom. The number of nitrogens with zero attached hydrogens (tertiary/aromatic N) is 1. The lowest BCUT2D eigenvalue weighted by Gasteiger charge is -2.28. The molecule has 82 valence electrons. The van der Waals surface area contributed by atoms with Crippen molar-refractivity contribution in [2.75, 3.05) is 18.8 Å². The van der Waals surface area contributed by atoms with Gasteiger partial charge in [-0.05, 0) is 12.8 Å². The lowest BCUT2D eigenvalue weighted by molar-refractivity contribution is -0.134. The lowest BCUT2D eigenvalue weighted by Crippen LogP contribution is -2.44. The Bertz CT molecular complexity index is 312. The third kappa shape index (κ3) is 2.93. The summed E-state index contributed by atoms with van der Waals surface area (Å²) in [5.41, 5.74) is 0. The van der Waals surface area contributed by atoms with E-state index in [1.54, 1.807) is 0 Å². The number of hydrogen-bond acceptors (Lipinski definition) is 4. The summed E-state index contributed by atoms with van der Waals surface area (Å²) in [6.07, 6.45) is 0.464. The minimum Gasteiger partial charge on any atom is -0.480 e. The number of piperidine rings is 1. The van der Waals surface area contributed by atoms with Gasteiger partial charge in [-0.1, -0.05) is 0 Å². The van der Waals surface area contributed by atoms with Gasteiger partial charge >= 0.3 is 5.97 Å². The van der Waals surface area contributed by atoms with Gasteiger partial charge in [0.2, 0.25) is 10.0 Å². The Morgan fingerprint density at radius 3 is 2.64 bits per heavy atom. The maximum absolute atomic E-state index is 11.4. The van der Waals surface area contributed by atoms with Gasteiger partial charge in [0, 0.05) is 13.1 Å². The molecule has 0 aliphatic carbocycles. The normalized spacial score (nSPS) is 24.8. The zero-order valence-corrected chi connectivity index (χ0v) is 8.40. The number of carbonyl (C=O) groups is 1. The van der Waals surface area contributed by atoms with E-state index >= 15 is 0 Å². The van der Waals surface area contributed by atoms with Gasteiger partial charge in [-0.15, -0.1) is 0 Å². The molecular weight excluding hydrogens is 210 g/mol. The van der Waals surface area contributed by atoms with Crippen LogP contribution in [0.25, 0.3) is 0 Å². The van der Waals surface area contributed by atoms with Crippen molar-refractivity contribution >= 4 is 16.0 Å². The number of carboxylic acids is 1. The van der Waals surface area contributed by atoms with E-state index in [0.717, 1.165) is 4.31 Å². The van der Waals surface area contributed by atoms with Crippen LogP contribution in [-0.2, 0) is 14.8 Å². The SMILES string of the molecule is O=C(O)CS(=O)(=O)N1CCC[C@H](O)C1. The van der Waals surface area contributed by atoms with E-state index in [1.807, 2.05) is 0 Å². The molecule has 0 spiro atoms. The van der Waals surface area contributed by atoms with Gasteiger partial charge in [0.25, 0.3) is 0 Å². The molecule has 1 aliphatic rings. The van der Waals surface area contributed by atoms with Crippen LogP contribution < -0.4 is 0 Å². The third-order valence-corrected chi connectivity index (χ3v) is 3.79. The molecule has 6 nitrogen and oxygen atoms in total. The first-order chi connectivity index (χ1) is 6.42. The highest BCUT2D eigenvalue weighted by atomic mass is 32.2. The van der Waals surface area contributed by atoms with Crippen molar-refractivity contribution in [2.45, 2.75) is 18.9 Å². The van der Waals surface area contributed by atoms with Crippen molar-refractivity contribution in [3.63, 3.8) is 0 Å². The second-order valence-corrected chi connectivity index (χ2v) is 5.27. The number of carboxylic acid groups (broad SMARTS) is 1. The van der Waals surface area contributed by atoms with Crippen LogP contribution in [-0.4, -0.2) is 53.9 Å². The first-order valence-electron chi connectivity index (χ1n) is 4.29. The Labute approximate surface area is 82.2 Å². The van der Waals surface area contributed by atoms with Gasteiger partial charge in [-0.3, -0.25) is 4.79 Å². The average Bonchev–Trinajstić information content (AvgIpc) is 2.01. The predicted molar refractivity (Wildman–Crippen MR) is 48.2 cm³/mol. The summed E-state index contributed by atoms with van der Waals surface area (Å²) in [5, 5.41) is 17.6. The molecule has 0 aromatic rings. The molecule has 7 heteroatoms. The summed E-state index contributed by atoms with van der Waals surface area (Å²) in [5.74, 6) is -2.27. The lowest BCUT2D eigenvalue weighted by atomic mass is 10.1. The van der Waals surface area contributed by atoms with Gasteiger partial charge in [-0.25, -0.2) is 8.42 Å². The van der Waals surface area contributed by atoms with Crippen LogP contribution in [0.4, 0.5) is 0 Å². The molecule has 0 amide bonds. The molecule has 0 aromatic heterocycles. The first-order valence-corrected chi connectivity index (χ1v) is 5.90. The highest BCUT2D eigenvalue weighted by Gasteiger charge is 2.29. The van der Waals surface area contributed by atoms with Crippen molar-refractivity contribution in [1.82, 2.24) is 4.31 Å². The van der Waals surface area contributed by atoms with Gasteiger partial charge in [0.1, 0.15) is 0 Å². The molecular formula is C7H13NO5S. The van der Waals surface area contributed by atoms with Crippen LogP contribution in [0.1, 0.15) is 12.8 Å². The Balaban J connectivity index is 2.67. The highest BCUT2D eigenvalue weighted by Crippen LogP contribution is 2.13.